The van der Waals surface area contributed by atoms with Crippen LogP contribution in [-0.2, 0) is 0 Å². The van der Waals surface area contributed by atoms with Crippen molar-refractivity contribution in [2.45, 2.75) is 18.9 Å². The predicted molar refractivity (Wildman–Crippen MR) is 61.3 cm³/mol. The number of benzene rings is 1. The largest absolute Gasteiger partial charge is 0.307 e. The van der Waals surface area contributed by atoms with Crippen molar-refractivity contribution in [2.75, 3.05) is 6.54 Å². The molecule has 1 atom stereocenters. The van der Waals surface area contributed by atoms with E-state index in [0.717, 1.165) is 24.5 Å². The molecule has 1 aliphatic rings. The van der Waals surface area contributed by atoms with Gasteiger partial charge in [0.1, 0.15) is 12.2 Å². The average molecular weight is 214 g/mol. The van der Waals surface area contributed by atoms with Gasteiger partial charge in [0, 0.05) is 0 Å². The van der Waals surface area contributed by atoms with Crippen molar-refractivity contribution in [3.8, 4) is 5.69 Å². The molecule has 0 aliphatic carbocycles. The summed E-state index contributed by atoms with van der Waals surface area (Å²) in [7, 11) is 0. The summed E-state index contributed by atoms with van der Waals surface area (Å²) >= 11 is 0. The van der Waals surface area contributed by atoms with E-state index in [4.69, 9.17) is 0 Å². The van der Waals surface area contributed by atoms with Crippen LogP contribution in [0, 0.1) is 0 Å². The van der Waals surface area contributed by atoms with Crippen LogP contribution >= 0.6 is 0 Å². The Kier molecular flexibility index (Phi) is 2.42. The van der Waals surface area contributed by atoms with Gasteiger partial charge in [-0.25, -0.2) is 9.67 Å². The third-order valence-corrected chi connectivity index (χ3v) is 2.95. The molecule has 1 N–H and O–H groups in total. The number of nitrogens with one attached hydrogen (secondary N) is 1. The zero-order chi connectivity index (χ0) is 10.8. The first-order chi connectivity index (χ1) is 7.95. The molecule has 1 unspecified atom stereocenters. The highest BCUT2D eigenvalue weighted by Gasteiger charge is 2.21. The number of nitrogens with zero attached hydrogens (tertiary/aromatic N) is 3. The fourth-order valence-electron chi connectivity index (χ4n) is 2.16. The molecular weight excluding hydrogens is 200 g/mol. The maximum absolute atomic E-state index is 4.36. The first-order valence-electron chi connectivity index (χ1n) is 5.64. The summed E-state index contributed by atoms with van der Waals surface area (Å²) in [5.41, 5.74) is 1.07. The van der Waals surface area contributed by atoms with Gasteiger partial charge in [0.15, 0.2) is 0 Å². The summed E-state index contributed by atoms with van der Waals surface area (Å²) in [6.45, 7) is 1.08. The highest BCUT2D eigenvalue weighted by molar-refractivity contribution is 5.31. The predicted octanol–water partition coefficient (Wildman–Crippen LogP) is 1.69. The Morgan fingerprint density at radius 1 is 1.25 bits per heavy atom. The lowest BCUT2D eigenvalue weighted by Crippen LogP contribution is -2.17. The van der Waals surface area contributed by atoms with Crippen LogP contribution in [0.15, 0.2) is 36.7 Å². The van der Waals surface area contributed by atoms with E-state index in [0.29, 0.717) is 6.04 Å². The van der Waals surface area contributed by atoms with E-state index >= 15 is 0 Å². The van der Waals surface area contributed by atoms with Crippen LogP contribution in [0.3, 0.4) is 0 Å². The van der Waals surface area contributed by atoms with Crippen molar-refractivity contribution < 1.29 is 0 Å². The van der Waals surface area contributed by atoms with Gasteiger partial charge in [0.25, 0.3) is 0 Å². The summed E-state index contributed by atoms with van der Waals surface area (Å²) < 4.78 is 1.92. The highest BCUT2D eigenvalue weighted by Crippen LogP contribution is 2.22. The molecule has 2 heterocycles. The number of rotatable bonds is 2. The van der Waals surface area contributed by atoms with Crippen molar-refractivity contribution in [2.24, 2.45) is 0 Å². The van der Waals surface area contributed by atoms with E-state index in [2.05, 4.69) is 15.4 Å². The monoisotopic (exact) mass is 214 g/mol. The van der Waals surface area contributed by atoms with E-state index in [1.165, 1.54) is 6.42 Å². The fraction of sp³-hybridized carbons (Fsp3) is 0.333. The van der Waals surface area contributed by atoms with Crippen LogP contribution in [0.25, 0.3) is 5.69 Å². The Labute approximate surface area is 94.3 Å². The minimum Gasteiger partial charge on any atom is -0.307 e. The molecule has 1 aromatic heterocycles. The maximum atomic E-state index is 4.36. The van der Waals surface area contributed by atoms with Gasteiger partial charge in [-0.3, -0.25) is 0 Å². The Morgan fingerprint density at radius 3 is 2.88 bits per heavy atom. The first kappa shape index (κ1) is 9.54. The third-order valence-electron chi connectivity index (χ3n) is 2.95. The first-order valence-corrected chi connectivity index (χ1v) is 5.64. The Balaban J connectivity index is 1.99. The van der Waals surface area contributed by atoms with Crippen LogP contribution in [0.5, 0.6) is 0 Å². The Morgan fingerprint density at radius 2 is 2.12 bits per heavy atom. The number of aromatic nitrogens is 3. The van der Waals surface area contributed by atoms with Gasteiger partial charge in [-0.15, -0.1) is 0 Å². The van der Waals surface area contributed by atoms with Crippen molar-refractivity contribution in [3.05, 3.63) is 42.5 Å². The third kappa shape index (κ3) is 1.61. The molecule has 16 heavy (non-hydrogen) atoms. The van der Waals surface area contributed by atoms with Gasteiger partial charge in [0.05, 0.1) is 11.7 Å². The topological polar surface area (TPSA) is 42.7 Å². The lowest BCUT2D eigenvalue weighted by atomic mass is 10.2. The SMILES string of the molecule is c1ccc(-n2ncnc2C2CCCN2)cc1. The molecule has 0 spiro atoms. The zero-order valence-electron chi connectivity index (χ0n) is 9.00. The molecule has 0 saturated carbocycles. The molecule has 3 rings (SSSR count). The second-order valence-electron chi connectivity index (χ2n) is 4.01. The molecular formula is C12H14N4. The standard InChI is InChI=1S/C12H14N4/c1-2-5-10(6-3-1)16-12(14-9-15-16)11-7-4-8-13-11/h1-3,5-6,9,11,13H,4,7-8H2. The molecule has 0 amide bonds. The highest BCUT2D eigenvalue weighted by atomic mass is 15.3. The molecule has 82 valence electrons. The minimum absolute atomic E-state index is 0.350. The second-order valence-corrected chi connectivity index (χ2v) is 4.01. The van der Waals surface area contributed by atoms with Gasteiger partial charge >= 0.3 is 0 Å². The molecule has 1 saturated heterocycles. The van der Waals surface area contributed by atoms with Crippen molar-refractivity contribution >= 4 is 0 Å². The molecule has 1 fully saturated rings. The summed E-state index contributed by atoms with van der Waals surface area (Å²) in [4.78, 5) is 4.36. The second kappa shape index (κ2) is 4.06. The summed E-state index contributed by atoms with van der Waals surface area (Å²) in [5, 5.41) is 7.74. The van der Waals surface area contributed by atoms with Gasteiger partial charge in [0.2, 0.25) is 0 Å². The van der Waals surface area contributed by atoms with E-state index in [1.807, 2.05) is 35.0 Å². The van der Waals surface area contributed by atoms with E-state index < -0.39 is 0 Å². The summed E-state index contributed by atoms with van der Waals surface area (Å²) in [5.74, 6) is 1.02. The normalized spacial score (nSPS) is 20.1. The number of hydrogen-bond acceptors (Lipinski definition) is 3. The van der Waals surface area contributed by atoms with E-state index in [-0.39, 0.29) is 0 Å². The van der Waals surface area contributed by atoms with Gasteiger partial charge in [-0.05, 0) is 31.5 Å². The van der Waals surface area contributed by atoms with Crippen molar-refractivity contribution in [1.82, 2.24) is 20.1 Å². The number of hydrogen-bond donors (Lipinski definition) is 1. The molecule has 0 radical (unpaired) electrons. The van der Waals surface area contributed by atoms with Gasteiger partial charge < -0.3 is 5.32 Å². The van der Waals surface area contributed by atoms with Gasteiger partial charge in [-0.2, -0.15) is 5.10 Å². The smallest absolute Gasteiger partial charge is 0.149 e. The molecule has 0 bridgehead atoms. The Bertz CT molecular complexity index is 457. The molecule has 2 aromatic rings. The lowest BCUT2D eigenvalue weighted by molar-refractivity contribution is 0.583. The Hall–Kier alpha value is -1.68. The summed E-state index contributed by atoms with van der Waals surface area (Å²) in [6, 6.07) is 10.5. The molecule has 4 heteroatoms. The lowest BCUT2D eigenvalue weighted by Gasteiger charge is -2.11. The maximum Gasteiger partial charge on any atom is 0.149 e. The molecule has 1 aromatic carbocycles. The van der Waals surface area contributed by atoms with Crippen LogP contribution < -0.4 is 5.32 Å². The van der Waals surface area contributed by atoms with Crippen molar-refractivity contribution in [3.63, 3.8) is 0 Å². The minimum atomic E-state index is 0.350. The molecule has 4 nitrogen and oxygen atoms in total. The van der Waals surface area contributed by atoms with Crippen LogP contribution in [0.1, 0.15) is 24.7 Å². The average Bonchev–Trinajstić information content (AvgIpc) is 3.01. The zero-order valence-corrected chi connectivity index (χ0v) is 9.00. The molecule has 1 aliphatic heterocycles. The van der Waals surface area contributed by atoms with E-state index in [1.54, 1.807) is 6.33 Å². The van der Waals surface area contributed by atoms with Gasteiger partial charge in [-0.1, -0.05) is 18.2 Å². The van der Waals surface area contributed by atoms with E-state index in [9.17, 15) is 0 Å². The fourth-order valence-corrected chi connectivity index (χ4v) is 2.16. The van der Waals surface area contributed by atoms with Crippen LogP contribution in [-0.4, -0.2) is 21.3 Å². The van der Waals surface area contributed by atoms with Crippen LogP contribution in [0.2, 0.25) is 0 Å². The van der Waals surface area contributed by atoms with Crippen LogP contribution in [0.4, 0.5) is 0 Å². The number of para-hydroxylation sites is 1. The summed E-state index contributed by atoms with van der Waals surface area (Å²) in [6.07, 6.45) is 3.99. The quantitative estimate of drug-likeness (QED) is 0.827. The van der Waals surface area contributed by atoms with Crippen molar-refractivity contribution in [1.29, 1.82) is 0 Å².